The molecule has 3 heterocycles. The number of nitrogens with zero attached hydrogens (tertiary/aromatic N) is 4. The summed E-state index contributed by atoms with van der Waals surface area (Å²) in [5, 5.41) is 6.70. The number of nitrogen functional groups attached to an aromatic ring is 1. The topological polar surface area (TPSA) is 101 Å². The lowest BCUT2D eigenvalue weighted by atomic mass is 10.3. The average molecular weight is 350 g/mol. The van der Waals surface area contributed by atoms with E-state index in [2.05, 4.69) is 30.5 Å². The second-order valence-corrected chi connectivity index (χ2v) is 5.69. The van der Waals surface area contributed by atoms with Gasteiger partial charge in [0.05, 0.1) is 18.9 Å². The minimum absolute atomic E-state index is 0.359. The van der Waals surface area contributed by atoms with Crippen LogP contribution in [0, 0.1) is 0 Å². The Labute approximate surface area is 145 Å². The van der Waals surface area contributed by atoms with E-state index in [1.807, 2.05) is 6.07 Å². The summed E-state index contributed by atoms with van der Waals surface area (Å²) in [6, 6.07) is 3.59. The smallest absolute Gasteiger partial charge is 0.159 e. The van der Waals surface area contributed by atoms with E-state index in [1.165, 1.54) is 6.33 Å². The lowest BCUT2D eigenvalue weighted by Crippen LogP contribution is -2.39. The second-order valence-electron chi connectivity index (χ2n) is 5.33. The summed E-state index contributed by atoms with van der Waals surface area (Å²) in [5.74, 6) is 1.09. The van der Waals surface area contributed by atoms with Gasteiger partial charge in [-0.1, -0.05) is 11.6 Å². The summed E-state index contributed by atoms with van der Waals surface area (Å²) in [6.07, 6.45) is 3.08. The third-order valence-corrected chi connectivity index (χ3v) is 4.02. The van der Waals surface area contributed by atoms with E-state index in [-0.39, 0.29) is 0 Å². The summed E-state index contributed by atoms with van der Waals surface area (Å²) in [4.78, 5) is 14.7. The Morgan fingerprint density at radius 3 is 2.79 bits per heavy atom. The molecule has 0 aliphatic carbocycles. The second kappa shape index (κ2) is 8.09. The largest absolute Gasteiger partial charge is 0.393 e. The lowest BCUT2D eigenvalue weighted by molar-refractivity contribution is 0.0398. The van der Waals surface area contributed by atoms with Gasteiger partial charge in [0.1, 0.15) is 12.0 Å². The van der Waals surface area contributed by atoms with Crippen molar-refractivity contribution in [3.63, 3.8) is 0 Å². The molecule has 1 fully saturated rings. The van der Waals surface area contributed by atoms with Crippen LogP contribution in [0.1, 0.15) is 0 Å². The zero-order valence-corrected chi connectivity index (χ0v) is 14.0. The van der Waals surface area contributed by atoms with Crippen LogP contribution < -0.4 is 16.4 Å². The first kappa shape index (κ1) is 16.7. The number of morpholine rings is 1. The van der Waals surface area contributed by atoms with Crippen molar-refractivity contribution in [3.05, 3.63) is 29.8 Å². The Kier molecular flexibility index (Phi) is 5.63. The predicted octanol–water partition coefficient (Wildman–Crippen LogP) is 1.59. The van der Waals surface area contributed by atoms with E-state index in [1.54, 1.807) is 12.3 Å². The van der Waals surface area contributed by atoms with Crippen molar-refractivity contribution in [2.45, 2.75) is 0 Å². The Bertz CT molecular complexity index is 679. The minimum Gasteiger partial charge on any atom is -0.393 e. The van der Waals surface area contributed by atoms with Crippen LogP contribution >= 0.6 is 11.6 Å². The van der Waals surface area contributed by atoms with Crippen molar-refractivity contribution < 1.29 is 4.74 Å². The molecule has 0 radical (unpaired) electrons. The molecule has 1 aliphatic rings. The first-order valence-electron chi connectivity index (χ1n) is 7.76. The van der Waals surface area contributed by atoms with Crippen LogP contribution in [0.2, 0.25) is 5.15 Å². The van der Waals surface area contributed by atoms with Gasteiger partial charge in [0.15, 0.2) is 16.8 Å². The summed E-state index contributed by atoms with van der Waals surface area (Å²) in [6.45, 7) is 5.13. The molecule has 9 heteroatoms. The number of halogens is 1. The van der Waals surface area contributed by atoms with Crippen LogP contribution in [0.15, 0.2) is 24.7 Å². The van der Waals surface area contributed by atoms with E-state index in [9.17, 15) is 0 Å². The molecular weight excluding hydrogens is 330 g/mol. The summed E-state index contributed by atoms with van der Waals surface area (Å²) >= 11 is 6.05. The third-order valence-electron chi connectivity index (χ3n) is 3.72. The fourth-order valence-electron chi connectivity index (χ4n) is 2.40. The van der Waals surface area contributed by atoms with Gasteiger partial charge in [-0.2, -0.15) is 0 Å². The molecule has 3 rings (SSSR count). The van der Waals surface area contributed by atoms with Gasteiger partial charge in [0.25, 0.3) is 0 Å². The van der Waals surface area contributed by atoms with Gasteiger partial charge in [-0.3, -0.25) is 4.90 Å². The molecule has 0 saturated carbocycles. The molecule has 0 atom stereocenters. The SMILES string of the molecule is Nc1c(NCCN2CCOCC2)ncnc1Nc1cccnc1Cl. The number of ether oxygens (including phenoxy) is 1. The summed E-state index contributed by atoms with van der Waals surface area (Å²) in [7, 11) is 0. The Hall–Kier alpha value is -2.16. The van der Waals surface area contributed by atoms with Crippen molar-refractivity contribution in [1.29, 1.82) is 0 Å². The van der Waals surface area contributed by atoms with Crippen LogP contribution in [0.25, 0.3) is 0 Å². The molecular formula is C15H20ClN7O. The molecule has 24 heavy (non-hydrogen) atoms. The molecule has 128 valence electrons. The molecule has 1 saturated heterocycles. The highest BCUT2D eigenvalue weighted by Gasteiger charge is 2.12. The number of hydrogen-bond donors (Lipinski definition) is 3. The highest BCUT2D eigenvalue weighted by atomic mass is 35.5. The van der Waals surface area contributed by atoms with Crippen molar-refractivity contribution in [3.8, 4) is 0 Å². The third kappa shape index (κ3) is 4.22. The van der Waals surface area contributed by atoms with Gasteiger partial charge in [-0.05, 0) is 12.1 Å². The molecule has 2 aromatic rings. The first-order valence-corrected chi connectivity index (χ1v) is 8.14. The van der Waals surface area contributed by atoms with Gasteiger partial charge in [0, 0.05) is 32.4 Å². The van der Waals surface area contributed by atoms with E-state index >= 15 is 0 Å². The molecule has 0 spiro atoms. The fraction of sp³-hybridized carbons (Fsp3) is 0.400. The first-order chi connectivity index (χ1) is 11.7. The Morgan fingerprint density at radius 1 is 1.21 bits per heavy atom. The lowest BCUT2D eigenvalue weighted by Gasteiger charge is -2.26. The number of rotatable bonds is 6. The zero-order chi connectivity index (χ0) is 16.8. The molecule has 4 N–H and O–H groups in total. The maximum Gasteiger partial charge on any atom is 0.159 e. The van der Waals surface area contributed by atoms with E-state index in [0.717, 1.165) is 39.4 Å². The van der Waals surface area contributed by atoms with Crippen LogP contribution in [0.3, 0.4) is 0 Å². The van der Waals surface area contributed by atoms with E-state index < -0.39 is 0 Å². The normalized spacial score (nSPS) is 15.2. The number of nitrogens with two attached hydrogens (primary N) is 1. The quantitative estimate of drug-likeness (QED) is 0.676. The maximum absolute atomic E-state index is 6.15. The number of hydrogen-bond acceptors (Lipinski definition) is 8. The van der Waals surface area contributed by atoms with Crippen molar-refractivity contribution in [1.82, 2.24) is 19.9 Å². The van der Waals surface area contributed by atoms with Crippen molar-refractivity contribution >= 4 is 34.6 Å². The number of anilines is 4. The average Bonchev–Trinajstić information content (AvgIpc) is 2.61. The monoisotopic (exact) mass is 349 g/mol. The molecule has 0 unspecified atom stereocenters. The minimum atomic E-state index is 0.359. The predicted molar refractivity (Wildman–Crippen MR) is 94.7 cm³/mol. The number of aromatic nitrogens is 3. The standard InChI is InChI=1S/C15H20ClN7O/c16-13-11(2-1-3-18-13)22-15-12(17)14(20-10-21-15)19-4-5-23-6-8-24-9-7-23/h1-3,10H,4-9,17H2,(H2,19,20,21,22). The number of nitrogens with one attached hydrogen (secondary N) is 2. The fourth-order valence-corrected chi connectivity index (χ4v) is 2.57. The van der Waals surface area contributed by atoms with Crippen molar-refractivity contribution in [2.24, 2.45) is 0 Å². The molecule has 8 nitrogen and oxygen atoms in total. The van der Waals surface area contributed by atoms with Gasteiger partial charge in [-0.15, -0.1) is 0 Å². The maximum atomic E-state index is 6.15. The highest BCUT2D eigenvalue weighted by Crippen LogP contribution is 2.28. The molecule has 1 aliphatic heterocycles. The molecule has 0 aromatic carbocycles. The summed E-state index contributed by atoms with van der Waals surface area (Å²) < 4.78 is 5.34. The Morgan fingerprint density at radius 2 is 2.00 bits per heavy atom. The van der Waals surface area contributed by atoms with Gasteiger partial charge >= 0.3 is 0 Å². The van der Waals surface area contributed by atoms with Gasteiger partial charge in [-0.25, -0.2) is 15.0 Å². The van der Waals surface area contributed by atoms with Crippen molar-refractivity contribution in [2.75, 3.05) is 55.8 Å². The van der Waals surface area contributed by atoms with Gasteiger partial charge in [0.2, 0.25) is 0 Å². The Balaban J connectivity index is 1.61. The summed E-state index contributed by atoms with van der Waals surface area (Å²) in [5.41, 5.74) is 7.24. The number of pyridine rings is 1. The van der Waals surface area contributed by atoms with Crippen LogP contribution in [0.4, 0.5) is 23.0 Å². The van der Waals surface area contributed by atoms with Crippen LogP contribution in [-0.4, -0.2) is 59.2 Å². The molecule has 0 amide bonds. The van der Waals surface area contributed by atoms with Crippen LogP contribution in [0.5, 0.6) is 0 Å². The highest BCUT2D eigenvalue weighted by molar-refractivity contribution is 6.32. The van der Waals surface area contributed by atoms with Gasteiger partial charge < -0.3 is 21.1 Å². The zero-order valence-electron chi connectivity index (χ0n) is 13.2. The molecule has 2 aromatic heterocycles. The molecule has 0 bridgehead atoms. The van der Waals surface area contributed by atoms with E-state index in [4.69, 9.17) is 22.1 Å². The van der Waals surface area contributed by atoms with Crippen LogP contribution in [-0.2, 0) is 4.74 Å². The van der Waals surface area contributed by atoms with E-state index in [0.29, 0.717) is 28.2 Å².